The lowest BCUT2D eigenvalue weighted by Gasteiger charge is -2.33. The SMILES string of the molecule is CC(=O)N(c1cc(Cl)c(C)cc1Cl)C1CSC(=NC2CCCCC2)N1C.Cl. The van der Waals surface area contributed by atoms with Crippen LogP contribution in [0.5, 0.6) is 0 Å². The molecule has 2 fully saturated rings. The molecule has 0 radical (unpaired) electrons. The molecule has 3 rings (SSSR count). The van der Waals surface area contributed by atoms with Crippen molar-refractivity contribution in [1.29, 1.82) is 0 Å². The van der Waals surface area contributed by atoms with E-state index in [1.807, 2.05) is 20.0 Å². The third-order valence-electron chi connectivity index (χ3n) is 5.10. The molecule has 8 heteroatoms. The van der Waals surface area contributed by atoms with E-state index in [2.05, 4.69) is 4.90 Å². The zero-order chi connectivity index (χ0) is 18.8. The molecule has 1 aromatic carbocycles. The first-order chi connectivity index (χ1) is 12.4. The van der Waals surface area contributed by atoms with Crippen LogP contribution in [0.2, 0.25) is 10.0 Å². The Morgan fingerprint density at radius 3 is 2.52 bits per heavy atom. The third-order valence-corrected chi connectivity index (χ3v) is 6.93. The number of anilines is 1. The number of benzene rings is 1. The Balaban J connectivity index is 0.00000261. The van der Waals surface area contributed by atoms with Crippen LogP contribution >= 0.6 is 47.4 Å². The summed E-state index contributed by atoms with van der Waals surface area (Å²) in [5.74, 6) is 0.715. The molecule has 1 aromatic rings. The number of carbonyl (C=O) groups is 1. The zero-order valence-corrected chi connectivity index (χ0v) is 19.0. The molecule has 1 saturated heterocycles. The summed E-state index contributed by atoms with van der Waals surface area (Å²) in [7, 11) is 2.01. The highest BCUT2D eigenvalue weighted by atomic mass is 35.5. The topological polar surface area (TPSA) is 35.9 Å². The Labute approximate surface area is 182 Å². The van der Waals surface area contributed by atoms with Gasteiger partial charge in [-0.15, -0.1) is 12.4 Å². The largest absolute Gasteiger partial charge is 0.333 e. The molecule has 1 saturated carbocycles. The van der Waals surface area contributed by atoms with Crippen LogP contribution in [0.25, 0.3) is 0 Å². The van der Waals surface area contributed by atoms with E-state index >= 15 is 0 Å². The van der Waals surface area contributed by atoms with Gasteiger partial charge in [0.1, 0.15) is 6.17 Å². The third kappa shape index (κ3) is 5.06. The molecule has 1 unspecified atom stereocenters. The van der Waals surface area contributed by atoms with Gasteiger partial charge in [0.2, 0.25) is 5.91 Å². The number of halogens is 3. The Kier molecular flexibility index (Phi) is 8.17. The number of nitrogens with zero attached hydrogens (tertiary/aromatic N) is 3. The van der Waals surface area contributed by atoms with E-state index in [0.29, 0.717) is 21.8 Å². The van der Waals surface area contributed by atoms with Gasteiger partial charge in [-0.3, -0.25) is 14.7 Å². The number of amidine groups is 1. The van der Waals surface area contributed by atoms with Gasteiger partial charge in [-0.2, -0.15) is 0 Å². The van der Waals surface area contributed by atoms with Gasteiger partial charge < -0.3 is 4.90 Å². The van der Waals surface area contributed by atoms with Gasteiger partial charge in [-0.1, -0.05) is 54.2 Å². The van der Waals surface area contributed by atoms with Crippen molar-refractivity contribution in [2.75, 3.05) is 17.7 Å². The monoisotopic (exact) mass is 449 g/mol. The number of amides is 1. The maximum atomic E-state index is 12.5. The average molecular weight is 451 g/mol. The summed E-state index contributed by atoms with van der Waals surface area (Å²) in [6, 6.07) is 4.01. The lowest BCUT2D eigenvalue weighted by Crippen LogP contribution is -2.48. The first-order valence-corrected chi connectivity index (χ1v) is 10.8. The smallest absolute Gasteiger partial charge is 0.225 e. The molecule has 0 spiro atoms. The lowest BCUT2D eigenvalue weighted by atomic mass is 9.96. The molecule has 2 aliphatic rings. The molecule has 27 heavy (non-hydrogen) atoms. The number of aliphatic imine (C=N–C) groups is 1. The molecule has 0 N–H and O–H groups in total. The predicted molar refractivity (Wildman–Crippen MR) is 120 cm³/mol. The van der Waals surface area contributed by atoms with Gasteiger partial charge in [0.25, 0.3) is 0 Å². The van der Waals surface area contributed by atoms with Gasteiger partial charge in [-0.05, 0) is 37.5 Å². The molecule has 0 aromatic heterocycles. The molecule has 4 nitrogen and oxygen atoms in total. The second-order valence-corrected chi connectivity index (χ2v) is 8.85. The molecule has 1 amide bonds. The first-order valence-electron chi connectivity index (χ1n) is 9.07. The molecule has 0 bridgehead atoms. The van der Waals surface area contributed by atoms with Crippen molar-refractivity contribution in [2.45, 2.75) is 58.2 Å². The highest BCUT2D eigenvalue weighted by Crippen LogP contribution is 2.36. The van der Waals surface area contributed by atoms with E-state index in [0.717, 1.165) is 16.5 Å². The van der Waals surface area contributed by atoms with Crippen LogP contribution in [0.15, 0.2) is 17.1 Å². The fraction of sp³-hybridized carbons (Fsp3) is 0.579. The number of rotatable bonds is 3. The van der Waals surface area contributed by atoms with E-state index in [1.165, 1.54) is 32.1 Å². The Hall–Kier alpha value is -0.620. The normalized spacial score (nSPS) is 22.0. The van der Waals surface area contributed by atoms with Crippen LogP contribution in [-0.2, 0) is 4.79 Å². The summed E-state index contributed by atoms with van der Waals surface area (Å²) in [6.07, 6.45) is 6.05. The summed E-state index contributed by atoms with van der Waals surface area (Å²) in [4.78, 5) is 21.3. The zero-order valence-electron chi connectivity index (χ0n) is 15.9. The highest BCUT2D eigenvalue weighted by molar-refractivity contribution is 8.14. The molecular formula is C19H26Cl3N3OS. The van der Waals surface area contributed by atoms with Gasteiger partial charge in [-0.25, -0.2) is 0 Å². The maximum Gasteiger partial charge on any atom is 0.225 e. The molecule has 1 heterocycles. The fourth-order valence-corrected chi connectivity index (χ4v) is 5.28. The first kappa shape index (κ1) is 22.7. The van der Waals surface area contributed by atoms with Crippen LogP contribution in [0.3, 0.4) is 0 Å². The minimum absolute atomic E-state index is 0. The second-order valence-electron chi connectivity index (χ2n) is 7.05. The van der Waals surface area contributed by atoms with Gasteiger partial charge in [0.15, 0.2) is 5.17 Å². The Bertz CT molecular complexity index is 722. The van der Waals surface area contributed by atoms with E-state index < -0.39 is 0 Å². The van der Waals surface area contributed by atoms with E-state index in [-0.39, 0.29) is 24.5 Å². The van der Waals surface area contributed by atoms with Gasteiger partial charge >= 0.3 is 0 Å². The molecule has 1 aliphatic heterocycles. The van der Waals surface area contributed by atoms with Crippen molar-refractivity contribution in [3.05, 3.63) is 27.7 Å². The second kappa shape index (κ2) is 9.73. The van der Waals surface area contributed by atoms with E-state index in [4.69, 9.17) is 28.2 Å². The van der Waals surface area contributed by atoms with Crippen molar-refractivity contribution in [2.24, 2.45) is 4.99 Å². The van der Waals surface area contributed by atoms with E-state index in [1.54, 1.807) is 29.7 Å². The minimum atomic E-state index is -0.115. The Morgan fingerprint density at radius 1 is 1.22 bits per heavy atom. The van der Waals surface area contributed by atoms with Crippen LogP contribution < -0.4 is 4.90 Å². The van der Waals surface area contributed by atoms with Crippen molar-refractivity contribution in [1.82, 2.24) is 4.90 Å². The fourth-order valence-electron chi connectivity index (χ4n) is 3.59. The number of aryl methyl sites for hydroxylation is 1. The quantitative estimate of drug-likeness (QED) is 0.586. The van der Waals surface area contributed by atoms with Crippen molar-refractivity contribution >= 4 is 64.1 Å². The van der Waals surface area contributed by atoms with Gasteiger partial charge in [0.05, 0.1) is 16.8 Å². The number of thioether (sulfide) groups is 1. The lowest BCUT2D eigenvalue weighted by molar-refractivity contribution is -0.117. The highest BCUT2D eigenvalue weighted by Gasteiger charge is 2.36. The summed E-state index contributed by atoms with van der Waals surface area (Å²) in [5, 5.41) is 2.17. The van der Waals surface area contributed by atoms with E-state index in [9.17, 15) is 4.79 Å². The number of carbonyl (C=O) groups excluding carboxylic acids is 1. The van der Waals surface area contributed by atoms with Crippen LogP contribution in [0, 0.1) is 6.92 Å². The average Bonchev–Trinajstić information content (AvgIpc) is 2.94. The predicted octanol–water partition coefficient (Wildman–Crippen LogP) is 5.77. The summed E-state index contributed by atoms with van der Waals surface area (Å²) >= 11 is 14.5. The Morgan fingerprint density at radius 2 is 1.89 bits per heavy atom. The van der Waals surface area contributed by atoms with Crippen molar-refractivity contribution in [3.8, 4) is 0 Å². The van der Waals surface area contributed by atoms with Gasteiger partial charge in [0, 0.05) is 24.7 Å². The summed E-state index contributed by atoms with van der Waals surface area (Å²) in [5.41, 5.74) is 1.56. The van der Waals surface area contributed by atoms with Crippen LogP contribution in [0.1, 0.15) is 44.6 Å². The van der Waals surface area contributed by atoms with Crippen molar-refractivity contribution in [3.63, 3.8) is 0 Å². The molecule has 1 atom stereocenters. The van der Waals surface area contributed by atoms with Crippen molar-refractivity contribution < 1.29 is 4.79 Å². The maximum absolute atomic E-state index is 12.5. The number of hydrogen-bond donors (Lipinski definition) is 0. The molecule has 150 valence electrons. The number of hydrogen-bond acceptors (Lipinski definition) is 3. The molecular weight excluding hydrogens is 425 g/mol. The minimum Gasteiger partial charge on any atom is -0.333 e. The summed E-state index contributed by atoms with van der Waals surface area (Å²) in [6.45, 7) is 3.47. The molecule has 1 aliphatic carbocycles. The standard InChI is InChI=1S/C19H25Cl2N3OS.ClH/c1-12-9-16(21)17(10-15(12)20)24(13(2)25)18-11-26-19(23(18)3)22-14-7-5-4-6-8-14;/h9-10,14,18H,4-8,11H2,1-3H3;1H. The summed E-state index contributed by atoms with van der Waals surface area (Å²) < 4.78 is 0. The van der Waals surface area contributed by atoms with Crippen LogP contribution in [0.4, 0.5) is 5.69 Å². The van der Waals surface area contributed by atoms with Crippen LogP contribution in [-0.4, -0.2) is 41.0 Å².